The van der Waals surface area contributed by atoms with Crippen molar-refractivity contribution < 1.29 is 26.3 Å². The van der Waals surface area contributed by atoms with Gasteiger partial charge in [-0.15, -0.1) is 5.10 Å². The van der Waals surface area contributed by atoms with Crippen LogP contribution in [-0.2, 0) is 16.0 Å². The van der Waals surface area contributed by atoms with Gasteiger partial charge in [-0.25, -0.2) is 22.6 Å². The standard InChI is InChI=1S/C21H17F3N4O4S/c1-3-33(30,31)17-10-14(13-4-7-16(32-2)8-5-13)11-25-19(17)28-20(29)27-12-15(21(22,23)24)6-9-18(27)26-28/h4-12H,3H2,1-2H3. The van der Waals surface area contributed by atoms with E-state index in [0.29, 0.717) is 32.2 Å². The molecule has 0 aliphatic heterocycles. The van der Waals surface area contributed by atoms with Gasteiger partial charge in [0, 0.05) is 18.0 Å². The summed E-state index contributed by atoms with van der Waals surface area (Å²) in [4.78, 5) is 16.7. The minimum absolute atomic E-state index is 0.0890. The number of alkyl halides is 3. The van der Waals surface area contributed by atoms with Gasteiger partial charge in [0.1, 0.15) is 10.6 Å². The van der Waals surface area contributed by atoms with E-state index >= 15 is 0 Å². The van der Waals surface area contributed by atoms with E-state index in [-0.39, 0.29) is 22.1 Å². The van der Waals surface area contributed by atoms with E-state index in [1.165, 1.54) is 26.3 Å². The molecule has 4 aromatic rings. The van der Waals surface area contributed by atoms with Crippen molar-refractivity contribution in [1.82, 2.24) is 19.2 Å². The van der Waals surface area contributed by atoms with Crippen molar-refractivity contribution in [2.24, 2.45) is 0 Å². The maximum Gasteiger partial charge on any atom is 0.417 e. The second-order valence-electron chi connectivity index (χ2n) is 7.02. The normalized spacial score (nSPS) is 12.3. The molecule has 0 atom stereocenters. The number of fused-ring (bicyclic) bond motifs is 1. The summed E-state index contributed by atoms with van der Waals surface area (Å²) in [7, 11) is -2.37. The Labute approximate surface area is 185 Å². The summed E-state index contributed by atoms with van der Waals surface area (Å²) in [5.74, 6) is 0.0317. The van der Waals surface area contributed by atoms with E-state index in [4.69, 9.17) is 4.74 Å². The Kier molecular flexibility index (Phi) is 5.48. The smallest absolute Gasteiger partial charge is 0.417 e. The molecule has 0 radical (unpaired) electrons. The minimum Gasteiger partial charge on any atom is -0.497 e. The number of halogens is 3. The van der Waals surface area contributed by atoms with Gasteiger partial charge in [0.25, 0.3) is 0 Å². The first-order valence-corrected chi connectivity index (χ1v) is 11.3. The predicted molar refractivity (Wildman–Crippen MR) is 113 cm³/mol. The highest BCUT2D eigenvalue weighted by molar-refractivity contribution is 7.91. The summed E-state index contributed by atoms with van der Waals surface area (Å²) in [6, 6.07) is 10.0. The summed E-state index contributed by atoms with van der Waals surface area (Å²) in [5, 5.41) is 4.00. The highest BCUT2D eigenvalue weighted by Crippen LogP contribution is 2.30. The number of benzene rings is 1. The molecule has 3 aromatic heterocycles. The molecule has 0 saturated carbocycles. The molecule has 12 heteroatoms. The van der Waals surface area contributed by atoms with Gasteiger partial charge in [-0.05, 0) is 35.9 Å². The molecule has 0 spiro atoms. The Hall–Kier alpha value is -3.67. The van der Waals surface area contributed by atoms with Gasteiger partial charge in [0.05, 0.1) is 18.4 Å². The predicted octanol–water partition coefficient (Wildman–Crippen LogP) is 3.37. The molecule has 172 valence electrons. The Morgan fingerprint density at radius 2 is 1.76 bits per heavy atom. The third kappa shape index (κ3) is 4.09. The second kappa shape index (κ2) is 8.03. The van der Waals surface area contributed by atoms with Gasteiger partial charge >= 0.3 is 11.9 Å². The van der Waals surface area contributed by atoms with Crippen LogP contribution in [0.1, 0.15) is 12.5 Å². The highest BCUT2D eigenvalue weighted by Gasteiger charge is 2.31. The summed E-state index contributed by atoms with van der Waals surface area (Å²) in [5.41, 5.74) is -0.993. The van der Waals surface area contributed by atoms with Gasteiger partial charge in [0.2, 0.25) is 0 Å². The van der Waals surface area contributed by atoms with E-state index in [0.717, 1.165) is 12.1 Å². The molecule has 1 aromatic carbocycles. The third-order valence-electron chi connectivity index (χ3n) is 5.02. The Morgan fingerprint density at radius 3 is 2.36 bits per heavy atom. The van der Waals surface area contributed by atoms with Gasteiger partial charge in [-0.1, -0.05) is 19.1 Å². The van der Waals surface area contributed by atoms with Gasteiger partial charge < -0.3 is 4.74 Å². The van der Waals surface area contributed by atoms with E-state index < -0.39 is 27.3 Å². The van der Waals surface area contributed by atoms with Crippen molar-refractivity contribution in [3.8, 4) is 22.7 Å². The SMILES string of the molecule is CCS(=O)(=O)c1cc(-c2ccc(OC)cc2)cnc1-n1nc2ccc(C(F)(F)F)cn2c1=O. The van der Waals surface area contributed by atoms with Gasteiger partial charge in [0.15, 0.2) is 21.3 Å². The van der Waals surface area contributed by atoms with Gasteiger partial charge in [-0.2, -0.15) is 17.9 Å². The van der Waals surface area contributed by atoms with Crippen molar-refractivity contribution in [3.63, 3.8) is 0 Å². The summed E-state index contributed by atoms with van der Waals surface area (Å²) in [6.45, 7) is 1.43. The largest absolute Gasteiger partial charge is 0.497 e. The van der Waals surface area contributed by atoms with Crippen LogP contribution < -0.4 is 10.4 Å². The molecule has 3 heterocycles. The molecule has 0 amide bonds. The van der Waals surface area contributed by atoms with Crippen LogP contribution in [0.15, 0.2) is 64.5 Å². The molecule has 0 bridgehead atoms. The second-order valence-corrected chi connectivity index (χ2v) is 9.26. The average Bonchev–Trinajstić information content (AvgIpc) is 3.14. The lowest BCUT2D eigenvalue weighted by molar-refractivity contribution is -0.137. The zero-order chi connectivity index (χ0) is 24.0. The fourth-order valence-corrected chi connectivity index (χ4v) is 4.24. The minimum atomic E-state index is -4.66. The summed E-state index contributed by atoms with van der Waals surface area (Å²) < 4.78 is 71.3. The first kappa shape index (κ1) is 22.5. The number of hydrogen-bond acceptors (Lipinski definition) is 6. The number of sulfone groups is 1. The fraction of sp³-hybridized carbons (Fsp3) is 0.190. The zero-order valence-electron chi connectivity index (χ0n) is 17.4. The fourth-order valence-electron chi connectivity index (χ4n) is 3.20. The molecule has 0 saturated heterocycles. The van der Waals surface area contributed by atoms with Crippen molar-refractivity contribution in [3.05, 3.63) is 70.9 Å². The lowest BCUT2D eigenvalue weighted by Gasteiger charge is -2.10. The Morgan fingerprint density at radius 1 is 1.06 bits per heavy atom. The quantitative estimate of drug-likeness (QED) is 0.437. The molecule has 8 nitrogen and oxygen atoms in total. The van der Waals surface area contributed by atoms with Crippen LogP contribution in [0.2, 0.25) is 0 Å². The van der Waals surface area contributed by atoms with Crippen molar-refractivity contribution in [2.45, 2.75) is 18.0 Å². The molecule has 33 heavy (non-hydrogen) atoms. The maximum absolute atomic E-state index is 13.1. The van der Waals surface area contributed by atoms with E-state index in [1.54, 1.807) is 24.3 Å². The molecule has 0 unspecified atom stereocenters. The van der Waals surface area contributed by atoms with E-state index in [1.807, 2.05) is 0 Å². The first-order valence-electron chi connectivity index (χ1n) is 9.61. The van der Waals surface area contributed by atoms with Crippen LogP contribution in [0.25, 0.3) is 22.6 Å². The third-order valence-corrected chi connectivity index (χ3v) is 6.75. The molecule has 4 rings (SSSR count). The number of pyridine rings is 2. The van der Waals surface area contributed by atoms with E-state index in [2.05, 4.69) is 10.1 Å². The lowest BCUT2D eigenvalue weighted by atomic mass is 10.1. The van der Waals surface area contributed by atoms with E-state index in [9.17, 15) is 26.4 Å². The lowest BCUT2D eigenvalue weighted by Crippen LogP contribution is -2.23. The summed E-state index contributed by atoms with van der Waals surface area (Å²) in [6.07, 6.45) is -2.69. The monoisotopic (exact) mass is 478 g/mol. The van der Waals surface area contributed by atoms with Crippen LogP contribution >= 0.6 is 0 Å². The average molecular weight is 478 g/mol. The maximum atomic E-state index is 13.1. The number of aromatic nitrogens is 4. The van der Waals surface area contributed by atoms with Crippen LogP contribution in [0.3, 0.4) is 0 Å². The molecular weight excluding hydrogens is 461 g/mol. The Balaban J connectivity index is 1.92. The van der Waals surface area contributed by atoms with Gasteiger partial charge in [-0.3, -0.25) is 0 Å². The molecule has 0 N–H and O–H groups in total. The molecule has 0 aliphatic rings. The van der Waals surface area contributed by atoms with Crippen molar-refractivity contribution >= 4 is 15.5 Å². The highest BCUT2D eigenvalue weighted by atomic mass is 32.2. The van der Waals surface area contributed by atoms with Crippen LogP contribution in [0.4, 0.5) is 13.2 Å². The topological polar surface area (TPSA) is 95.6 Å². The number of hydrogen-bond donors (Lipinski definition) is 0. The first-order chi connectivity index (χ1) is 15.5. The number of rotatable bonds is 5. The van der Waals surface area contributed by atoms with Crippen LogP contribution in [0, 0.1) is 0 Å². The molecule has 0 aliphatic carbocycles. The zero-order valence-corrected chi connectivity index (χ0v) is 18.2. The van der Waals surface area contributed by atoms with Crippen LogP contribution in [-0.4, -0.2) is 40.4 Å². The van der Waals surface area contributed by atoms with Crippen molar-refractivity contribution in [1.29, 1.82) is 0 Å². The number of methoxy groups -OCH3 is 1. The van der Waals surface area contributed by atoms with Crippen molar-refractivity contribution in [2.75, 3.05) is 12.9 Å². The number of nitrogens with zero attached hydrogens (tertiary/aromatic N) is 4. The summed E-state index contributed by atoms with van der Waals surface area (Å²) >= 11 is 0. The molecular formula is C21H17F3N4O4S. The van der Waals surface area contributed by atoms with Crippen LogP contribution in [0.5, 0.6) is 5.75 Å². The molecule has 0 fully saturated rings. The Bertz CT molecular complexity index is 1510. The number of ether oxygens (including phenoxy) is 1.